The van der Waals surface area contributed by atoms with Crippen LogP contribution in [0.2, 0.25) is 0 Å². The molecule has 0 saturated carbocycles. The summed E-state index contributed by atoms with van der Waals surface area (Å²) >= 11 is 2.93. The third-order valence-electron chi connectivity index (χ3n) is 2.57. The molecule has 2 N–H and O–H groups in total. The van der Waals surface area contributed by atoms with Crippen LogP contribution in [0.4, 0.5) is 0 Å². The minimum atomic E-state index is -0.484. The van der Waals surface area contributed by atoms with Gasteiger partial charge in [0.05, 0.1) is 11.9 Å². The molecule has 0 atom stereocenters. The first-order chi connectivity index (χ1) is 9.65. The van der Waals surface area contributed by atoms with Crippen LogP contribution in [0, 0.1) is 0 Å². The molecule has 0 aliphatic carbocycles. The van der Waals surface area contributed by atoms with E-state index in [4.69, 9.17) is 0 Å². The highest BCUT2D eigenvalue weighted by Gasteiger charge is 2.12. The predicted octanol–water partition coefficient (Wildman–Crippen LogP) is 1.49. The van der Waals surface area contributed by atoms with Gasteiger partial charge < -0.3 is 10.1 Å². The molecule has 0 aliphatic heterocycles. The Hall–Kier alpha value is -2.48. The third-order valence-corrected chi connectivity index (χ3v) is 3.28. The lowest BCUT2D eigenvalue weighted by molar-refractivity contribution is 0.448. The fraction of sp³-hybridized carbons (Fsp3) is 0. The van der Waals surface area contributed by atoms with Crippen molar-refractivity contribution in [2.75, 3.05) is 0 Å². The number of halogens is 1. The lowest BCUT2D eigenvalue weighted by atomic mass is 10.3. The minimum absolute atomic E-state index is 0.0169. The summed E-state index contributed by atoms with van der Waals surface area (Å²) < 4.78 is -0.0169. The summed E-state index contributed by atoms with van der Waals surface area (Å²) in [5, 5.41) is 17.8. The zero-order chi connectivity index (χ0) is 14.1. The van der Waals surface area contributed by atoms with Crippen LogP contribution in [-0.2, 0) is 0 Å². The smallest absolute Gasteiger partial charge is 0.269 e. The van der Waals surface area contributed by atoms with Crippen LogP contribution in [0.1, 0.15) is 0 Å². The van der Waals surface area contributed by atoms with Crippen LogP contribution in [-0.4, -0.2) is 30.1 Å². The van der Waals surface area contributed by atoms with Crippen molar-refractivity contribution in [2.45, 2.75) is 0 Å². The quantitative estimate of drug-likeness (QED) is 0.740. The molecule has 0 aliphatic rings. The number of benzene rings is 1. The average Bonchev–Trinajstić information content (AvgIpc) is 2.95. The number of hydrogen-bond acceptors (Lipinski definition) is 5. The molecule has 20 heavy (non-hydrogen) atoms. The van der Waals surface area contributed by atoms with Gasteiger partial charge in [0.25, 0.3) is 5.56 Å². The van der Waals surface area contributed by atoms with Gasteiger partial charge in [0, 0.05) is 0 Å². The highest BCUT2D eigenvalue weighted by Crippen LogP contribution is 2.19. The van der Waals surface area contributed by atoms with E-state index in [0.717, 1.165) is 5.69 Å². The fourth-order valence-corrected chi connectivity index (χ4v) is 1.81. The van der Waals surface area contributed by atoms with Gasteiger partial charge in [0.2, 0.25) is 5.88 Å². The number of nitrogens with one attached hydrogen (secondary N) is 1. The van der Waals surface area contributed by atoms with Crippen LogP contribution < -0.4 is 5.56 Å². The first kappa shape index (κ1) is 12.5. The molecule has 100 valence electrons. The van der Waals surface area contributed by atoms with E-state index in [0.29, 0.717) is 5.69 Å². The van der Waals surface area contributed by atoms with Crippen LogP contribution in [0.25, 0.3) is 17.2 Å². The number of aromatic nitrogens is 5. The standard InChI is InChI=1S/C12H8BrN5O2/c13-9-11(19)15-10(16-12(9)20)8-6-14-18(17-8)7-4-2-1-3-5-7/h1-6H,(H2,15,16,19,20). The highest BCUT2D eigenvalue weighted by molar-refractivity contribution is 9.10. The molecule has 1 aromatic carbocycles. The third kappa shape index (κ3) is 2.21. The van der Waals surface area contributed by atoms with E-state index in [1.54, 1.807) is 0 Å². The van der Waals surface area contributed by atoms with E-state index in [1.807, 2.05) is 30.3 Å². The van der Waals surface area contributed by atoms with Gasteiger partial charge >= 0.3 is 0 Å². The van der Waals surface area contributed by atoms with E-state index in [-0.39, 0.29) is 10.3 Å². The molecule has 3 rings (SSSR count). The Morgan fingerprint density at radius 3 is 2.70 bits per heavy atom. The molecule has 0 bridgehead atoms. The zero-order valence-corrected chi connectivity index (χ0v) is 11.6. The van der Waals surface area contributed by atoms with E-state index in [2.05, 4.69) is 36.1 Å². The van der Waals surface area contributed by atoms with E-state index in [1.165, 1.54) is 11.0 Å². The van der Waals surface area contributed by atoms with Crippen LogP contribution in [0.5, 0.6) is 5.88 Å². The van der Waals surface area contributed by atoms with E-state index in [9.17, 15) is 9.90 Å². The Labute approximate surface area is 121 Å². The first-order valence-electron chi connectivity index (χ1n) is 5.62. The van der Waals surface area contributed by atoms with E-state index < -0.39 is 11.4 Å². The Bertz CT molecular complexity index is 812. The summed E-state index contributed by atoms with van der Waals surface area (Å²) in [7, 11) is 0. The lowest BCUT2D eigenvalue weighted by Gasteiger charge is -1.99. The lowest BCUT2D eigenvalue weighted by Crippen LogP contribution is -2.10. The number of H-pyrrole nitrogens is 1. The molecule has 0 amide bonds. The summed E-state index contributed by atoms with van der Waals surface area (Å²) in [6.45, 7) is 0. The molecule has 0 unspecified atom stereocenters. The van der Waals surface area contributed by atoms with Gasteiger partial charge in [0.15, 0.2) is 5.82 Å². The number of hydrogen-bond donors (Lipinski definition) is 2. The molecule has 0 radical (unpaired) electrons. The Balaban J connectivity index is 2.05. The topological polar surface area (TPSA) is 96.7 Å². The summed E-state index contributed by atoms with van der Waals surface area (Å²) in [5.41, 5.74) is 0.651. The SMILES string of the molecule is O=c1[nH]c(-c2cnn(-c3ccccc3)n2)nc(O)c1Br. The minimum Gasteiger partial charge on any atom is -0.492 e. The normalized spacial score (nSPS) is 10.7. The highest BCUT2D eigenvalue weighted by atomic mass is 79.9. The van der Waals surface area contributed by atoms with Gasteiger partial charge in [0.1, 0.15) is 10.2 Å². The second-order valence-electron chi connectivity index (χ2n) is 3.91. The summed E-state index contributed by atoms with van der Waals surface area (Å²) in [6, 6.07) is 9.31. The van der Waals surface area contributed by atoms with Crippen molar-refractivity contribution in [3.63, 3.8) is 0 Å². The molecular formula is C12H8BrN5O2. The summed E-state index contributed by atoms with van der Waals surface area (Å²) in [6.07, 6.45) is 1.46. The van der Waals surface area contributed by atoms with E-state index >= 15 is 0 Å². The largest absolute Gasteiger partial charge is 0.492 e. The summed E-state index contributed by atoms with van der Waals surface area (Å²) in [5.74, 6) is -0.240. The van der Waals surface area contributed by atoms with Crippen molar-refractivity contribution in [3.8, 4) is 23.1 Å². The van der Waals surface area contributed by atoms with Crippen molar-refractivity contribution in [3.05, 3.63) is 51.4 Å². The maximum Gasteiger partial charge on any atom is 0.269 e. The Morgan fingerprint density at radius 1 is 1.25 bits per heavy atom. The van der Waals surface area contributed by atoms with Crippen LogP contribution in [0.3, 0.4) is 0 Å². The molecule has 2 heterocycles. The van der Waals surface area contributed by atoms with Crippen molar-refractivity contribution < 1.29 is 5.11 Å². The first-order valence-corrected chi connectivity index (χ1v) is 6.41. The Kier molecular flexibility index (Phi) is 3.07. The molecule has 0 saturated heterocycles. The van der Waals surface area contributed by atoms with Crippen LogP contribution >= 0.6 is 15.9 Å². The number of aromatic amines is 1. The number of nitrogens with zero attached hydrogens (tertiary/aromatic N) is 4. The van der Waals surface area contributed by atoms with Crippen molar-refractivity contribution >= 4 is 15.9 Å². The molecule has 0 fully saturated rings. The van der Waals surface area contributed by atoms with Gasteiger partial charge in [-0.25, -0.2) is 0 Å². The van der Waals surface area contributed by atoms with Crippen molar-refractivity contribution in [1.82, 2.24) is 25.0 Å². The van der Waals surface area contributed by atoms with Crippen molar-refractivity contribution in [1.29, 1.82) is 0 Å². The molecule has 3 aromatic rings. The number of para-hydroxylation sites is 1. The summed E-state index contributed by atoms with van der Waals surface area (Å²) in [4.78, 5) is 19.3. The Morgan fingerprint density at radius 2 is 2.00 bits per heavy atom. The predicted molar refractivity (Wildman–Crippen MR) is 74.6 cm³/mol. The van der Waals surface area contributed by atoms with Gasteiger partial charge in [-0.1, -0.05) is 18.2 Å². The number of aromatic hydroxyl groups is 1. The zero-order valence-electron chi connectivity index (χ0n) is 9.99. The van der Waals surface area contributed by atoms with Gasteiger partial charge in [-0.15, -0.1) is 5.10 Å². The van der Waals surface area contributed by atoms with Gasteiger partial charge in [-0.2, -0.15) is 14.9 Å². The monoisotopic (exact) mass is 333 g/mol. The molecular weight excluding hydrogens is 326 g/mol. The molecule has 2 aromatic heterocycles. The average molecular weight is 334 g/mol. The van der Waals surface area contributed by atoms with Gasteiger partial charge in [-0.3, -0.25) is 4.79 Å². The van der Waals surface area contributed by atoms with Crippen LogP contribution in [0.15, 0.2) is 45.8 Å². The fourth-order valence-electron chi connectivity index (χ4n) is 1.63. The molecule has 7 nitrogen and oxygen atoms in total. The second-order valence-corrected chi connectivity index (χ2v) is 4.70. The number of rotatable bonds is 2. The molecule has 8 heteroatoms. The molecule has 0 spiro atoms. The van der Waals surface area contributed by atoms with Gasteiger partial charge in [-0.05, 0) is 28.1 Å². The second kappa shape index (κ2) is 4.89. The maximum atomic E-state index is 11.6. The maximum absolute atomic E-state index is 11.6. The van der Waals surface area contributed by atoms with Crippen molar-refractivity contribution in [2.24, 2.45) is 0 Å².